The van der Waals surface area contributed by atoms with Gasteiger partial charge in [0.05, 0.1) is 11.4 Å². The summed E-state index contributed by atoms with van der Waals surface area (Å²) in [6, 6.07) is 20.2. The summed E-state index contributed by atoms with van der Waals surface area (Å²) in [6.07, 6.45) is 0. The highest BCUT2D eigenvalue weighted by Gasteiger charge is 2.16. The van der Waals surface area contributed by atoms with Crippen molar-refractivity contribution in [1.29, 1.82) is 0 Å². The van der Waals surface area contributed by atoms with E-state index in [-0.39, 0.29) is 35.4 Å². The van der Waals surface area contributed by atoms with E-state index in [0.717, 1.165) is 0 Å². The zero-order valence-corrected chi connectivity index (χ0v) is 17.1. The molecule has 156 valence electrons. The molecule has 0 aliphatic carbocycles. The Labute approximate surface area is 175 Å². The highest BCUT2D eigenvalue weighted by Crippen LogP contribution is 2.18. The van der Waals surface area contributed by atoms with Gasteiger partial charge in [-0.15, -0.1) is 0 Å². The zero-order chi connectivity index (χ0) is 21.6. The number of anilines is 1. The van der Waals surface area contributed by atoms with Gasteiger partial charge < -0.3 is 9.64 Å². The maximum atomic E-state index is 13.6. The molecule has 3 aromatic rings. The fraction of sp³-hybridized carbons (Fsp3) is 0.136. The van der Waals surface area contributed by atoms with Crippen molar-refractivity contribution in [2.24, 2.45) is 0 Å². The molecule has 0 atom stereocenters. The molecule has 0 heterocycles. The van der Waals surface area contributed by atoms with Gasteiger partial charge in [0.1, 0.15) is 6.61 Å². The first-order valence-corrected chi connectivity index (χ1v) is 10.7. The van der Waals surface area contributed by atoms with Crippen LogP contribution < -0.4 is 9.46 Å². The molecule has 0 aliphatic rings. The number of nitrogens with one attached hydrogen (secondary N) is 1. The quantitative estimate of drug-likeness (QED) is 0.593. The first-order chi connectivity index (χ1) is 14.4. The Hall–Kier alpha value is -3.39. The fourth-order valence-corrected chi connectivity index (χ4v) is 3.78. The highest BCUT2D eigenvalue weighted by atomic mass is 32.2. The van der Waals surface area contributed by atoms with E-state index in [4.69, 9.17) is 4.74 Å². The lowest BCUT2D eigenvalue weighted by Crippen LogP contribution is -2.31. The molecule has 6 nitrogen and oxygen atoms in total. The lowest BCUT2D eigenvalue weighted by Gasteiger charge is -2.18. The second-order valence-corrected chi connectivity index (χ2v) is 8.19. The predicted molar refractivity (Wildman–Crippen MR) is 113 cm³/mol. The third-order valence-electron chi connectivity index (χ3n) is 4.28. The summed E-state index contributed by atoms with van der Waals surface area (Å²) in [5.74, 6) is -0.659. The summed E-state index contributed by atoms with van der Waals surface area (Å²) in [4.78, 5) is 14.2. The number of amides is 1. The van der Waals surface area contributed by atoms with E-state index in [1.54, 1.807) is 55.6 Å². The predicted octanol–water partition coefficient (Wildman–Crippen LogP) is 3.78. The molecule has 3 aromatic carbocycles. The van der Waals surface area contributed by atoms with Crippen molar-refractivity contribution in [2.75, 3.05) is 24.9 Å². The van der Waals surface area contributed by atoms with Crippen molar-refractivity contribution in [3.63, 3.8) is 0 Å². The van der Waals surface area contributed by atoms with Gasteiger partial charge in [0.25, 0.3) is 15.9 Å². The SMILES string of the molecule is CN(CCOc1ccccc1F)C(=O)c1cccc(NS(=O)(=O)c2ccccc2)c1. The van der Waals surface area contributed by atoms with E-state index in [2.05, 4.69) is 4.72 Å². The molecule has 30 heavy (non-hydrogen) atoms. The van der Waals surface area contributed by atoms with Gasteiger partial charge in [0, 0.05) is 18.3 Å². The number of halogens is 1. The molecular formula is C22H21FN2O4S. The molecule has 3 rings (SSSR count). The van der Waals surface area contributed by atoms with E-state index in [0.29, 0.717) is 5.56 Å². The zero-order valence-electron chi connectivity index (χ0n) is 16.3. The summed E-state index contributed by atoms with van der Waals surface area (Å²) in [6.45, 7) is 0.344. The van der Waals surface area contributed by atoms with Crippen molar-refractivity contribution in [3.05, 3.63) is 90.2 Å². The smallest absolute Gasteiger partial charge is 0.261 e. The minimum Gasteiger partial charge on any atom is -0.489 e. The first kappa shape index (κ1) is 21.3. The minimum absolute atomic E-state index is 0.115. The van der Waals surface area contributed by atoms with Crippen molar-refractivity contribution >= 4 is 21.6 Å². The Morgan fingerprint density at radius 3 is 2.43 bits per heavy atom. The molecule has 8 heteroatoms. The van der Waals surface area contributed by atoms with Gasteiger partial charge >= 0.3 is 0 Å². The van der Waals surface area contributed by atoms with Crippen LogP contribution in [0.5, 0.6) is 5.75 Å². The summed E-state index contributed by atoms with van der Waals surface area (Å²) in [7, 11) is -2.16. The summed E-state index contributed by atoms with van der Waals surface area (Å²) >= 11 is 0. The lowest BCUT2D eigenvalue weighted by molar-refractivity contribution is 0.0773. The summed E-state index contributed by atoms with van der Waals surface area (Å²) in [5.41, 5.74) is 0.595. The standard InChI is InChI=1S/C22H21FN2O4S/c1-25(14-15-29-21-13-6-5-12-20(21)23)22(26)17-8-7-9-18(16-17)24-30(27,28)19-10-3-2-4-11-19/h2-13,16,24H,14-15H2,1H3. The number of benzene rings is 3. The first-order valence-electron chi connectivity index (χ1n) is 9.17. The second-order valence-electron chi connectivity index (χ2n) is 6.50. The number of carbonyl (C=O) groups is 1. The largest absolute Gasteiger partial charge is 0.489 e. The van der Waals surface area contributed by atoms with Crippen LogP contribution in [-0.2, 0) is 10.0 Å². The van der Waals surface area contributed by atoms with Crippen molar-refractivity contribution in [2.45, 2.75) is 4.90 Å². The highest BCUT2D eigenvalue weighted by molar-refractivity contribution is 7.92. The molecule has 0 fully saturated rings. The number of sulfonamides is 1. The van der Waals surface area contributed by atoms with Gasteiger partial charge in [0.2, 0.25) is 0 Å². The van der Waals surface area contributed by atoms with Crippen LogP contribution in [0.3, 0.4) is 0 Å². The number of para-hydroxylation sites is 1. The molecular weight excluding hydrogens is 407 g/mol. The summed E-state index contributed by atoms with van der Waals surface area (Å²) < 4.78 is 46.4. The molecule has 0 aliphatic heterocycles. The average molecular weight is 428 g/mol. The Morgan fingerprint density at radius 2 is 1.70 bits per heavy atom. The summed E-state index contributed by atoms with van der Waals surface area (Å²) in [5, 5.41) is 0. The maximum Gasteiger partial charge on any atom is 0.261 e. The Kier molecular flexibility index (Phi) is 6.68. The Balaban J connectivity index is 1.63. The number of carbonyl (C=O) groups excluding carboxylic acids is 1. The average Bonchev–Trinajstić information content (AvgIpc) is 2.75. The lowest BCUT2D eigenvalue weighted by atomic mass is 10.2. The van der Waals surface area contributed by atoms with E-state index in [1.807, 2.05) is 0 Å². The fourth-order valence-electron chi connectivity index (χ4n) is 2.71. The van der Waals surface area contributed by atoms with Crippen LogP contribution in [0.25, 0.3) is 0 Å². The third kappa shape index (κ3) is 5.36. The third-order valence-corrected chi connectivity index (χ3v) is 5.68. The minimum atomic E-state index is -3.76. The number of nitrogens with zero attached hydrogens (tertiary/aromatic N) is 1. The van der Waals surface area contributed by atoms with Crippen LogP contribution in [-0.4, -0.2) is 39.4 Å². The van der Waals surface area contributed by atoms with Gasteiger partial charge in [0.15, 0.2) is 11.6 Å². The van der Waals surface area contributed by atoms with Crippen LogP contribution >= 0.6 is 0 Å². The van der Waals surface area contributed by atoms with Crippen LogP contribution in [0.1, 0.15) is 10.4 Å². The Morgan fingerprint density at radius 1 is 1.00 bits per heavy atom. The van der Waals surface area contributed by atoms with Crippen LogP contribution in [0.2, 0.25) is 0 Å². The van der Waals surface area contributed by atoms with Gasteiger partial charge in [-0.25, -0.2) is 12.8 Å². The van der Waals surface area contributed by atoms with Crippen LogP contribution in [0.15, 0.2) is 83.8 Å². The van der Waals surface area contributed by atoms with Gasteiger partial charge in [-0.1, -0.05) is 36.4 Å². The van der Waals surface area contributed by atoms with Crippen LogP contribution in [0, 0.1) is 5.82 Å². The molecule has 0 saturated carbocycles. The molecule has 0 bridgehead atoms. The molecule has 1 N–H and O–H groups in total. The molecule has 0 radical (unpaired) electrons. The number of hydrogen-bond acceptors (Lipinski definition) is 4. The van der Waals surface area contributed by atoms with Gasteiger partial charge in [-0.3, -0.25) is 9.52 Å². The molecule has 1 amide bonds. The molecule has 0 unspecified atom stereocenters. The van der Waals surface area contributed by atoms with Crippen molar-refractivity contribution in [3.8, 4) is 5.75 Å². The number of hydrogen-bond donors (Lipinski definition) is 1. The normalized spacial score (nSPS) is 11.0. The Bertz CT molecular complexity index is 1120. The topological polar surface area (TPSA) is 75.7 Å². The maximum absolute atomic E-state index is 13.6. The van der Waals surface area contributed by atoms with Crippen molar-refractivity contribution in [1.82, 2.24) is 4.90 Å². The second kappa shape index (κ2) is 9.41. The molecule has 0 aromatic heterocycles. The van der Waals surface area contributed by atoms with Crippen molar-refractivity contribution < 1.29 is 22.3 Å². The van der Waals surface area contributed by atoms with Crippen LogP contribution in [0.4, 0.5) is 10.1 Å². The van der Waals surface area contributed by atoms with Gasteiger partial charge in [-0.2, -0.15) is 0 Å². The monoisotopic (exact) mass is 428 g/mol. The van der Waals surface area contributed by atoms with E-state index >= 15 is 0 Å². The van der Waals surface area contributed by atoms with E-state index < -0.39 is 15.8 Å². The van der Waals surface area contributed by atoms with E-state index in [1.165, 1.54) is 35.2 Å². The van der Waals surface area contributed by atoms with E-state index in [9.17, 15) is 17.6 Å². The number of rotatable bonds is 8. The molecule has 0 saturated heterocycles. The number of likely N-dealkylation sites (N-methyl/N-ethyl adjacent to an activating group) is 1. The van der Waals surface area contributed by atoms with Gasteiger partial charge in [-0.05, 0) is 42.5 Å². The number of ether oxygens (including phenoxy) is 1. The molecule has 0 spiro atoms.